The van der Waals surface area contributed by atoms with Crippen molar-refractivity contribution in [1.82, 2.24) is 10.6 Å². The summed E-state index contributed by atoms with van der Waals surface area (Å²) in [4.78, 5) is 47.6. The Hall–Kier alpha value is -5.02. The second-order valence-corrected chi connectivity index (χ2v) is 11.5. The molecule has 0 bridgehead atoms. The maximum Gasteiger partial charge on any atom is 0.303 e. The number of carbonyl (C=O) groups excluding carboxylic acids is 3. The van der Waals surface area contributed by atoms with Crippen LogP contribution in [0, 0.1) is 5.92 Å². The van der Waals surface area contributed by atoms with Gasteiger partial charge in [-0.3, -0.25) is 19.2 Å². The van der Waals surface area contributed by atoms with Crippen LogP contribution < -0.4 is 16.4 Å². The number of hydrogen-bond donors (Lipinski definition) is 5. The maximum absolute atomic E-state index is 13.3. The second-order valence-electron chi connectivity index (χ2n) is 11.5. The third-order valence-corrected chi connectivity index (χ3v) is 7.46. The predicted molar refractivity (Wildman–Crippen MR) is 179 cm³/mol. The molecule has 0 aliphatic carbocycles. The molecule has 9 heteroatoms. The van der Waals surface area contributed by atoms with Gasteiger partial charge in [-0.05, 0) is 46.2 Å². The largest absolute Gasteiger partial charge is 0.481 e. The third-order valence-electron chi connectivity index (χ3n) is 7.46. The van der Waals surface area contributed by atoms with Gasteiger partial charge in [0.05, 0.1) is 25.0 Å². The molecule has 242 valence electrons. The lowest BCUT2D eigenvalue weighted by atomic mass is 9.96. The minimum Gasteiger partial charge on any atom is -0.481 e. The van der Waals surface area contributed by atoms with Crippen molar-refractivity contribution in [2.24, 2.45) is 11.7 Å². The van der Waals surface area contributed by atoms with Crippen LogP contribution in [0.4, 0.5) is 0 Å². The summed E-state index contributed by atoms with van der Waals surface area (Å²) >= 11 is 0. The Bertz CT molecular complexity index is 1570. The number of benzene rings is 4. The molecule has 0 heterocycles. The van der Waals surface area contributed by atoms with Gasteiger partial charge in [-0.2, -0.15) is 0 Å². The molecule has 0 radical (unpaired) electrons. The van der Waals surface area contributed by atoms with E-state index >= 15 is 0 Å². The van der Waals surface area contributed by atoms with Crippen molar-refractivity contribution in [2.75, 3.05) is 0 Å². The zero-order valence-electron chi connectivity index (χ0n) is 26.3. The van der Waals surface area contributed by atoms with E-state index in [0.717, 1.165) is 27.5 Å². The average molecular weight is 626 g/mol. The number of carbonyl (C=O) groups is 4. The van der Waals surface area contributed by atoms with Gasteiger partial charge < -0.3 is 26.6 Å². The molecule has 0 aliphatic heterocycles. The van der Waals surface area contributed by atoms with Crippen molar-refractivity contribution in [3.8, 4) is 0 Å². The monoisotopic (exact) mass is 625 g/mol. The van der Waals surface area contributed by atoms with Crippen LogP contribution in [0.25, 0.3) is 10.8 Å². The first-order valence-electron chi connectivity index (χ1n) is 15.4. The van der Waals surface area contributed by atoms with Gasteiger partial charge in [0, 0.05) is 6.42 Å². The highest BCUT2D eigenvalue weighted by atomic mass is 16.4. The van der Waals surface area contributed by atoms with E-state index in [1.807, 2.05) is 117 Å². The summed E-state index contributed by atoms with van der Waals surface area (Å²) in [5.74, 6) is -2.18. The van der Waals surface area contributed by atoms with Gasteiger partial charge in [0.25, 0.3) is 0 Å². The number of carboxylic acid groups (broad SMARTS) is 1. The molecule has 0 fully saturated rings. The van der Waals surface area contributed by atoms with E-state index in [1.165, 1.54) is 0 Å². The molecular formula is C37H43N3O6. The minimum absolute atomic E-state index is 0.00684. The number of carboxylic acids is 1. The van der Waals surface area contributed by atoms with Crippen LogP contribution in [-0.2, 0) is 38.4 Å². The highest BCUT2D eigenvalue weighted by Gasteiger charge is 2.29. The fourth-order valence-corrected chi connectivity index (χ4v) is 5.07. The normalized spacial score (nSPS) is 12.7. The highest BCUT2D eigenvalue weighted by Crippen LogP contribution is 2.19. The lowest BCUT2D eigenvalue weighted by Crippen LogP contribution is -2.55. The summed E-state index contributed by atoms with van der Waals surface area (Å²) in [6, 6.07) is 30.9. The van der Waals surface area contributed by atoms with E-state index in [4.69, 9.17) is 10.8 Å². The number of primary amides is 1. The van der Waals surface area contributed by atoms with E-state index in [-0.39, 0.29) is 37.0 Å². The van der Waals surface area contributed by atoms with Crippen LogP contribution >= 0.6 is 0 Å². The van der Waals surface area contributed by atoms with Crippen molar-refractivity contribution in [3.05, 3.63) is 120 Å². The zero-order valence-corrected chi connectivity index (χ0v) is 26.3. The Balaban J connectivity index is 0.000000489. The first kappa shape index (κ1) is 35.5. The molecule has 6 N–H and O–H groups in total. The van der Waals surface area contributed by atoms with Crippen LogP contribution in [0.5, 0.6) is 0 Å². The number of aliphatic hydroxyl groups excluding tert-OH is 1. The van der Waals surface area contributed by atoms with Gasteiger partial charge in [0.15, 0.2) is 0 Å². The van der Waals surface area contributed by atoms with Crippen LogP contribution in [0.2, 0.25) is 0 Å². The Morgan fingerprint density at radius 2 is 1.33 bits per heavy atom. The first-order valence-corrected chi connectivity index (χ1v) is 15.4. The van der Waals surface area contributed by atoms with E-state index in [0.29, 0.717) is 12.8 Å². The molecular weight excluding hydrogens is 582 g/mol. The Morgan fingerprint density at radius 3 is 1.93 bits per heavy atom. The predicted octanol–water partition coefficient (Wildman–Crippen LogP) is 4.19. The molecule has 3 amide bonds. The standard InChI is InChI=1S/C29H34N2O5.C8H9NO/c1-19(2)28(31-26(33)18-22-13-8-12-21-11-6-7-14-23(21)22)29(36)30-24(25(32)15-16-27(34)35)17-20-9-4-3-5-10-20;9-8(10)6-7-4-2-1-3-5-7/h3-14,19,24-25,28,32H,15-18H2,1-2H3,(H,30,36)(H,31,33)(H,34,35);1-5H,6H2,(H2,9,10). The Morgan fingerprint density at radius 1 is 0.739 bits per heavy atom. The SMILES string of the molecule is CC(C)C(NC(=O)Cc1cccc2ccccc12)C(=O)NC(Cc1ccccc1)C(O)CCC(=O)O.NC(=O)Cc1ccccc1. The Labute approximate surface area is 269 Å². The number of nitrogens with two attached hydrogens (primary N) is 1. The van der Waals surface area contributed by atoms with E-state index in [2.05, 4.69) is 10.6 Å². The fourth-order valence-electron chi connectivity index (χ4n) is 5.07. The van der Waals surface area contributed by atoms with Gasteiger partial charge in [0.1, 0.15) is 6.04 Å². The van der Waals surface area contributed by atoms with E-state index in [9.17, 15) is 24.3 Å². The zero-order chi connectivity index (χ0) is 33.5. The topological polar surface area (TPSA) is 159 Å². The molecule has 46 heavy (non-hydrogen) atoms. The summed E-state index contributed by atoms with van der Waals surface area (Å²) in [5.41, 5.74) is 7.73. The lowest BCUT2D eigenvalue weighted by molar-refractivity contribution is -0.137. The number of hydrogen-bond acceptors (Lipinski definition) is 5. The van der Waals surface area contributed by atoms with Gasteiger partial charge in [-0.1, -0.05) is 117 Å². The number of rotatable bonds is 14. The van der Waals surface area contributed by atoms with Crippen molar-refractivity contribution >= 4 is 34.5 Å². The number of fused-ring (bicyclic) bond motifs is 1. The first-order chi connectivity index (χ1) is 22.0. The Kier molecular flexibility index (Phi) is 13.9. The lowest BCUT2D eigenvalue weighted by Gasteiger charge is -2.28. The molecule has 3 atom stereocenters. The van der Waals surface area contributed by atoms with Gasteiger partial charge in [0.2, 0.25) is 17.7 Å². The number of aliphatic carboxylic acids is 1. The maximum atomic E-state index is 13.3. The molecule has 4 aromatic rings. The number of amides is 3. The quantitative estimate of drug-likeness (QED) is 0.141. The van der Waals surface area contributed by atoms with E-state index in [1.54, 1.807) is 0 Å². The van der Waals surface area contributed by atoms with Crippen molar-refractivity contribution in [1.29, 1.82) is 0 Å². The van der Waals surface area contributed by atoms with Gasteiger partial charge >= 0.3 is 5.97 Å². The van der Waals surface area contributed by atoms with Crippen LogP contribution in [0.1, 0.15) is 43.4 Å². The summed E-state index contributed by atoms with van der Waals surface area (Å²) in [5, 5.41) is 27.5. The molecule has 0 aliphatic rings. The van der Waals surface area contributed by atoms with Gasteiger partial charge in [-0.15, -0.1) is 0 Å². The summed E-state index contributed by atoms with van der Waals surface area (Å²) in [6.07, 6.45) is -0.454. The summed E-state index contributed by atoms with van der Waals surface area (Å²) in [6.45, 7) is 3.69. The third kappa shape index (κ3) is 11.8. The molecule has 9 nitrogen and oxygen atoms in total. The molecule has 4 aromatic carbocycles. The van der Waals surface area contributed by atoms with Crippen molar-refractivity contribution < 1.29 is 29.4 Å². The van der Waals surface area contributed by atoms with Crippen molar-refractivity contribution in [3.63, 3.8) is 0 Å². The highest BCUT2D eigenvalue weighted by molar-refractivity contribution is 5.92. The number of nitrogens with one attached hydrogen (secondary N) is 2. The summed E-state index contributed by atoms with van der Waals surface area (Å²) in [7, 11) is 0. The molecule has 0 saturated carbocycles. The van der Waals surface area contributed by atoms with Crippen LogP contribution in [-0.4, -0.2) is 52.1 Å². The van der Waals surface area contributed by atoms with Crippen LogP contribution in [0.15, 0.2) is 103 Å². The van der Waals surface area contributed by atoms with Crippen molar-refractivity contribution in [2.45, 2.75) is 64.1 Å². The molecule has 3 unspecified atom stereocenters. The second kappa shape index (κ2) is 18.1. The minimum atomic E-state index is -1.05. The summed E-state index contributed by atoms with van der Waals surface area (Å²) < 4.78 is 0. The van der Waals surface area contributed by atoms with Crippen LogP contribution in [0.3, 0.4) is 0 Å². The number of aliphatic hydroxyl groups is 1. The smallest absolute Gasteiger partial charge is 0.303 e. The molecule has 0 spiro atoms. The molecule has 0 saturated heterocycles. The molecule has 4 rings (SSSR count). The average Bonchev–Trinajstić information content (AvgIpc) is 3.03. The molecule has 0 aromatic heterocycles. The van der Waals surface area contributed by atoms with E-state index < -0.39 is 30.1 Å². The van der Waals surface area contributed by atoms with Gasteiger partial charge in [-0.25, -0.2) is 0 Å². The fraction of sp³-hybridized carbons (Fsp3) is 0.297.